The summed E-state index contributed by atoms with van der Waals surface area (Å²) in [5, 5.41) is 3.35. The molecule has 3 aliphatic rings. The van der Waals surface area contributed by atoms with Crippen LogP contribution in [-0.4, -0.2) is 54.1 Å². The van der Waals surface area contributed by atoms with Gasteiger partial charge >= 0.3 is 6.03 Å². The van der Waals surface area contributed by atoms with E-state index in [1.807, 2.05) is 0 Å². The Morgan fingerprint density at radius 3 is 2.31 bits per heavy atom. The normalized spacial score (nSPS) is 32.0. The summed E-state index contributed by atoms with van der Waals surface area (Å²) >= 11 is 0. The summed E-state index contributed by atoms with van der Waals surface area (Å²) in [5.41, 5.74) is 0. The quantitative estimate of drug-likeness (QED) is 0.759. The van der Waals surface area contributed by atoms with Gasteiger partial charge in [0.25, 0.3) is 0 Å². The molecule has 1 aliphatic carbocycles. The van der Waals surface area contributed by atoms with E-state index in [4.69, 9.17) is 0 Å². The Hall–Kier alpha value is -0.770. The zero-order valence-electron chi connectivity index (χ0n) is 9.82. The summed E-state index contributed by atoms with van der Waals surface area (Å²) in [6, 6.07) is 1.32. The Morgan fingerprint density at radius 1 is 1.00 bits per heavy atom. The zero-order chi connectivity index (χ0) is 11.0. The SMILES string of the molecule is O=C1N(C2CCC2)CCCN1C1CCNC1. The fourth-order valence-electron chi connectivity index (χ4n) is 3.05. The van der Waals surface area contributed by atoms with E-state index in [0.717, 1.165) is 39.0 Å². The van der Waals surface area contributed by atoms with Gasteiger partial charge in [0, 0.05) is 31.7 Å². The van der Waals surface area contributed by atoms with Crippen LogP contribution in [0.1, 0.15) is 32.1 Å². The molecule has 2 heterocycles. The average molecular weight is 223 g/mol. The standard InChI is InChI=1S/C12H21N3O/c16-12-14(10-3-1-4-10)7-2-8-15(12)11-5-6-13-9-11/h10-11,13H,1-9H2. The third kappa shape index (κ3) is 1.69. The van der Waals surface area contributed by atoms with Crippen molar-refractivity contribution in [3.8, 4) is 0 Å². The summed E-state index contributed by atoms with van der Waals surface area (Å²) in [5.74, 6) is 0. The molecule has 0 aromatic rings. The largest absolute Gasteiger partial charge is 0.322 e. The molecule has 1 saturated carbocycles. The van der Waals surface area contributed by atoms with Gasteiger partial charge in [-0.3, -0.25) is 0 Å². The van der Waals surface area contributed by atoms with Crippen molar-refractivity contribution in [1.82, 2.24) is 15.1 Å². The van der Waals surface area contributed by atoms with Gasteiger partial charge in [-0.15, -0.1) is 0 Å². The molecule has 0 radical (unpaired) electrons. The molecule has 2 saturated heterocycles. The van der Waals surface area contributed by atoms with Crippen LogP contribution in [0.15, 0.2) is 0 Å². The van der Waals surface area contributed by atoms with Crippen LogP contribution in [0.2, 0.25) is 0 Å². The summed E-state index contributed by atoms with van der Waals surface area (Å²) < 4.78 is 0. The van der Waals surface area contributed by atoms with Gasteiger partial charge in [-0.1, -0.05) is 0 Å². The first-order valence-electron chi connectivity index (χ1n) is 6.64. The number of hydrogen-bond donors (Lipinski definition) is 1. The molecule has 2 amide bonds. The molecule has 1 N–H and O–H groups in total. The van der Waals surface area contributed by atoms with Crippen LogP contribution in [0.5, 0.6) is 0 Å². The van der Waals surface area contributed by atoms with Gasteiger partial charge in [-0.2, -0.15) is 0 Å². The molecule has 2 aliphatic heterocycles. The predicted octanol–water partition coefficient (Wildman–Crippen LogP) is 1.03. The second-order valence-corrected chi connectivity index (χ2v) is 5.25. The summed E-state index contributed by atoms with van der Waals surface area (Å²) in [6.07, 6.45) is 6.04. The van der Waals surface area contributed by atoms with Crippen LogP contribution >= 0.6 is 0 Å². The number of nitrogens with zero attached hydrogens (tertiary/aromatic N) is 2. The highest BCUT2D eigenvalue weighted by molar-refractivity contribution is 5.76. The molecule has 4 heteroatoms. The maximum Gasteiger partial charge on any atom is 0.320 e. The van der Waals surface area contributed by atoms with Crippen LogP contribution < -0.4 is 5.32 Å². The van der Waals surface area contributed by atoms with E-state index in [1.54, 1.807) is 0 Å². The van der Waals surface area contributed by atoms with Crippen molar-refractivity contribution >= 4 is 6.03 Å². The highest BCUT2D eigenvalue weighted by Gasteiger charge is 2.37. The molecule has 16 heavy (non-hydrogen) atoms. The maximum atomic E-state index is 12.4. The molecule has 3 rings (SSSR count). The summed E-state index contributed by atoms with van der Waals surface area (Å²) in [4.78, 5) is 16.6. The van der Waals surface area contributed by atoms with Crippen molar-refractivity contribution in [1.29, 1.82) is 0 Å². The molecular formula is C12H21N3O. The van der Waals surface area contributed by atoms with Gasteiger partial charge in [0.15, 0.2) is 0 Å². The number of urea groups is 1. The molecule has 1 atom stereocenters. The molecule has 1 unspecified atom stereocenters. The van der Waals surface area contributed by atoms with Crippen molar-refractivity contribution in [2.24, 2.45) is 0 Å². The minimum absolute atomic E-state index is 0.310. The lowest BCUT2D eigenvalue weighted by Gasteiger charge is -2.45. The first-order valence-corrected chi connectivity index (χ1v) is 6.64. The van der Waals surface area contributed by atoms with Crippen LogP contribution in [0.4, 0.5) is 4.79 Å². The van der Waals surface area contributed by atoms with Crippen molar-refractivity contribution < 1.29 is 4.79 Å². The molecule has 0 aromatic carbocycles. The van der Waals surface area contributed by atoms with Gasteiger partial charge in [-0.05, 0) is 38.6 Å². The van der Waals surface area contributed by atoms with Crippen molar-refractivity contribution in [3.05, 3.63) is 0 Å². The van der Waals surface area contributed by atoms with Crippen LogP contribution in [-0.2, 0) is 0 Å². The molecule has 90 valence electrons. The molecular weight excluding hydrogens is 202 g/mol. The molecule has 0 aromatic heterocycles. The van der Waals surface area contributed by atoms with E-state index in [9.17, 15) is 4.79 Å². The Balaban J connectivity index is 1.67. The molecule has 0 spiro atoms. The van der Waals surface area contributed by atoms with Crippen molar-refractivity contribution in [2.45, 2.75) is 44.2 Å². The van der Waals surface area contributed by atoms with Gasteiger partial charge < -0.3 is 15.1 Å². The Labute approximate surface area is 97.0 Å². The second-order valence-electron chi connectivity index (χ2n) is 5.25. The number of nitrogens with one attached hydrogen (secondary N) is 1. The van der Waals surface area contributed by atoms with E-state index in [-0.39, 0.29) is 0 Å². The predicted molar refractivity (Wildman–Crippen MR) is 62.3 cm³/mol. The molecule has 4 nitrogen and oxygen atoms in total. The number of amides is 2. The van der Waals surface area contributed by atoms with Gasteiger partial charge in [0.2, 0.25) is 0 Å². The highest BCUT2D eigenvalue weighted by Crippen LogP contribution is 2.28. The first-order chi connectivity index (χ1) is 7.86. The molecule has 3 fully saturated rings. The van der Waals surface area contributed by atoms with Crippen LogP contribution in [0, 0.1) is 0 Å². The Morgan fingerprint density at radius 2 is 1.75 bits per heavy atom. The number of carbonyl (C=O) groups is 1. The zero-order valence-corrected chi connectivity index (χ0v) is 9.82. The van der Waals surface area contributed by atoms with E-state index in [0.29, 0.717) is 18.1 Å². The van der Waals surface area contributed by atoms with Crippen LogP contribution in [0.3, 0.4) is 0 Å². The lowest BCUT2D eigenvalue weighted by Crippen LogP contribution is -2.58. The van der Waals surface area contributed by atoms with Gasteiger partial charge in [0.1, 0.15) is 0 Å². The average Bonchev–Trinajstić information content (AvgIpc) is 2.71. The lowest BCUT2D eigenvalue weighted by molar-refractivity contribution is 0.0706. The Kier molecular flexibility index (Phi) is 2.75. The molecule has 0 bridgehead atoms. The van der Waals surface area contributed by atoms with E-state index in [2.05, 4.69) is 15.1 Å². The highest BCUT2D eigenvalue weighted by atomic mass is 16.2. The Bertz CT molecular complexity index is 271. The minimum Gasteiger partial charge on any atom is -0.322 e. The number of rotatable bonds is 2. The fraction of sp³-hybridized carbons (Fsp3) is 0.917. The third-order valence-electron chi connectivity index (χ3n) is 4.28. The van der Waals surface area contributed by atoms with Gasteiger partial charge in [0.05, 0.1) is 0 Å². The minimum atomic E-state index is 0.310. The second kappa shape index (κ2) is 4.24. The summed E-state index contributed by atoms with van der Waals surface area (Å²) in [6.45, 7) is 4.01. The van der Waals surface area contributed by atoms with Crippen molar-refractivity contribution in [3.63, 3.8) is 0 Å². The van der Waals surface area contributed by atoms with Crippen molar-refractivity contribution in [2.75, 3.05) is 26.2 Å². The van der Waals surface area contributed by atoms with Crippen LogP contribution in [0.25, 0.3) is 0 Å². The van der Waals surface area contributed by atoms with Gasteiger partial charge in [-0.25, -0.2) is 4.79 Å². The number of carbonyl (C=O) groups excluding carboxylic acids is 1. The lowest BCUT2D eigenvalue weighted by atomic mass is 9.91. The topological polar surface area (TPSA) is 35.6 Å². The summed E-state index contributed by atoms with van der Waals surface area (Å²) in [7, 11) is 0. The maximum absolute atomic E-state index is 12.4. The number of hydrogen-bond acceptors (Lipinski definition) is 2. The monoisotopic (exact) mass is 223 g/mol. The first kappa shape index (κ1) is 10.4. The smallest absolute Gasteiger partial charge is 0.320 e. The van der Waals surface area contributed by atoms with E-state index < -0.39 is 0 Å². The van der Waals surface area contributed by atoms with E-state index in [1.165, 1.54) is 19.3 Å². The third-order valence-corrected chi connectivity index (χ3v) is 4.28. The van der Waals surface area contributed by atoms with E-state index >= 15 is 0 Å². The fourth-order valence-corrected chi connectivity index (χ4v) is 3.05.